The number of nitrogens with zero attached hydrogens (tertiary/aromatic N) is 2. The molecule has 0 aliphatic carbocycles. The molecule has 1 aliphatic heterocycles. The predicted molar refractivity (Wildman–Crippen MR) is 48.7 cm³/mol. The number of aromatic nitrogens is 2. The van der Waals surface area contributed by atoms with E-state index in [9.17, 15) is 4.79 Å². The van der Waals surface area contributed by atoms with Crippen LogP contribution in [0, 0.1) is 0 Å². The zero-order valence-corrected chi connectivity index (χ0v) is 8.07. The highest BCUT2D eigenvalue weighted by molar-refractivity contribution is 6.32. The number of carbonyl (C=O) groups is 1. The van der Waals surface area contributed by atoms with E-state index in [-0.39, 0.29) is 16.8 Å². The summed E-state index contributed by atoms with van der Waals surface area (Å²) in [7, 11) is 0. The Bertz CT molecular complexity index is 357. The molecule has 0 saturated carbocycles. The Morgan fingerprint density at radius 1 is 1.79 bits per heavy atom. The van der Waals surface area contributed by atoms with E-state index in [0.717, 1.165) is 6.42 Å². The van der Waals surface area contributed by atoms with Gasteiger partial charge in [0.15, 0.2) is 0 Å². The predicted octanol–water partition coefficient (Wildman–Crippen LogP) is 1.20. The first-order valence-electron chi connectivity index (χ1n) is 4.24. The Morgan fingerprint density at radius 2 is 2.57 bits per heavy atom. The van der Waals surface area contributed by atoms with Gasteiger partial charge in [-0.3, -0.25) is 0 Å². The van der Waals surface area contributed by atoms with Gasteiger partial charge in [0.25, 0.3) is 0 Å². The average Bonchev–Trinajstić information content (AvgIpc) is 2.71. The van der Waals surface area contributed by atoms with E-state index >= 15 is 0 Å². The normalized spacial score (nSPS) is 21.4. The molecule has 0 radical (unpaired) electrons. The topological polar surface area (TPSA) is 64.3 Å². The van der Waals surface area contributed by atoms with E-state index in [1.54, 1.807) is 0 Å². The van der Waals surface area contributed by atoms with Gasteiger partial charge >= 0.3 is 5.97 Å². The summed E-state index contributed by atoms with van der Waals surface area (Å²) in [5, 5.41) is 12.9. The van der Waals surface area contributed by atoms with Crippen molar-refractivity contribution in [3.8, 4) is 0 Å². The van der Waals surface area contributed by atoms with Crippen molar-refractivity contribution in [1.29, 1.82) is 0 Å². The van der Waals surface area contributed by atoms with Crippen LogP contribution in [-0.4, -0.2) is 34.1 Å². The van der Waals surface area contributed by atoms with E-state index in [1.165, 1.54) is 10.9 Å². The van der Waals surface area contributed by atoms with E-state index < -0.39 is 5.97 Å². The van der Waals surface area contributed by atoms with E-state index in [0.29, 0.717) is 13.2 Å². The van der Waals surface area contributed by atoms with Crippen LogP contribution in [-0.2, 0) is 4.74 Å². The molecule has 1 N–H and O–H groups in total. The maximum Gasteiger partial charge on any atom is 0.340 e. The van der Waals surface area contributed by atoms with Gasteiger partial charge in [0.2, 0.25) is 0 Å². The third kappa shape index (κ3) is 1.49. The van der Waals surface area contributed by atoms with E-state index in [1.807, 2.05) is 0 Å². The van der Waals surface area contributed by atoms with Crippen molar-refractivity contribution in [3.05, 3.63) is 16.9 Å². The van der Waals surface area contributed by atoms with Gasteiger partial charge in [-0.1, -0.05) is 11.6 Å². The van der Waals surface area contributed by atoms with Crippen LogP contribution in [0.3, 0.4) is 0 Å². The number of ether oxygens (including phenoxy) is 1. The molecule has 76 valence electrons. The fourth-order valence-corrected chi connectivity index (χ4v) is 1.77. The van der Waals surface area contributed by atoms with E-state index in [4.69, 9.17) is 21.4 Å². The summed E-state index contributed by atoms with van der Waals surface area (Å²) in [5.41, 5.74) is 0.0403. The smallest absolute Gasteiger partial charge is 0.340 e. The minimum Gasteiger partial charge on any atom is -0.478 e. The highest BCUT2D eigenvalue weighted by Gasteiger charge is 2.23. The van der Waals surface area contributed by atoms with Crippen molar-refractivity contribution in [1.82, 2.24) is 9.78 Å². The second-order valence-electron chi connectivity index (χ2n) is 3.12. The summed E-state index contributed by atoms with van der Waals surface area (Å²) in [4.78, 5) is 10.7. The summed E-state index contributed by atoms with van der Waals surface area (Å²) < 4.78 is 6.68. The van der Waals surface area contributed by atoms with Crippen molar-refractivity contribution in [2.45, 2.75) is 12.5 Å². The lowest BCUT2D eigenvalue weighted by Crippen LogP contribution is -2.10. The fraction of sp³-hybridized carbons (Fsp3) is 0.500. The van der Waals surface area contributed by atoms with Crippen LogP contribution >= 0.6 is 11.6 Å². The van der Waals surface area contributed by atoms with E-state index in [2.05, 4.69) is 5.10 Å². The molecule has 2 heterocycles. The number of hydrogen-bond donors (Lipinski definition) is 1. The second-order valence-corrected chi connectivity index (χ2v) is 3.47. The van der Waals surface area contributed by atoms with Crippen LogP contribution in [0.15, 0.2) is 6.20 Å². The molecule has 2 rings (SSSR count). The van der Waals surface area contributed by atoms with Crippen LogP contribution in [0.4, 0.5) is 0 Å². The lowest BCUT2D eigenvalue weighted by molar-refractivity contribution is 0.0697. The van der Waals surface area contributed by atoms with Crippen molar-refractivity contribution in [3.63, 3.8) is 0 Å². The number of halogens is 1. The molecule has 1 aliphatic rings. The summed E-state index contributed by atoms with van der Waals surface area (Å²) in [6.45, 7) is 1.21. The number of aromatic carboxylic acids is 1. The van der Waals surface area contributed by atoms with Crippen molar-refractivity contribution >= 4 is 17.6 Å². The van der Waals surface area contributed by atoms with Gasteiger partial charge < -0.3 is 9.84 Å². The number of hydrogen-bond acceptors (Lipinski definition) is 3. The van der Waals surface area contributed by atoms with Gasteiger partial charge in [-0.05, 0) is 6.42 Å². The average molecular weight is 217 g/mol. The number of carboxylic acids is 1. The molecule has 14 heavy (non-hydrogen) atoms. The highest BCUT2D eigenvalue weighted by Crippen LogP contribution is 2.25. The lowest BCUT2D eigenvalue weighted by Gasteiger charge is -2.08. The van der Waals surface area contributed by atoms with Gasteiger partial charge in [0.05, 0.1) is 18.8 Å². The van der Waals surface area contributed by atoms with Crippen LogP contribution < -0.4 is 0 Å². The summed E-state index contributed by atoms with van der Waals surface area (Å²) in [5.74, 6) is -1.06. The van der Waals surface area contributed by atoms with Crippen molar-refractivity contribution in [2.24, 2.45) is 0 Å². The summed E-state index contributed by atoms with van der Waals surface area (Å²) in [6, 6.07) is 0.0654. The largest absolute Gasteiger partial charge is 0.478 e. The molecule has 0 spiro atoms. The standard InChI is InChI=1S/C8H9ClN2O3/c9-7-6(8(12)13)3-10-11(7)5-1-2-14-4-5/h3,5H,1-2,4H2,(H,12,13). The monoisotopic (exact) mass is 216 g/mol. The van der Waals surface area contributed by atoms with Crippen LogP contribution in [0.2, 0.25) is 5.15 Å². The first-order chi connectivity index (χ1) is 6.70. The molecule has 1 aromatic heterocycles. The van der Waals surface area contributed by atoms with Gasteiger partial charge in [-0.15, -0.1) is 0 Å². The maximum atomic E-state index is 10.7. The minimum atomic E-state index is -1.06. The maximum absolute atomic E-state index is 10.7. The van der Waals surface area contributed by atoms with Crippen molar-refractivity contribution < 1.29 is 14.6 Å². The second kappa shape index (κ2) is 3.59. The van der Waals surface area contributed by atoms with Crippen LogP contribution in [0.1, 0.15) is 22.8 Å². The molecular formula is C8H9ClN2O3. The molecule has 1 saturated heterocycles. The van der Waals surface area contributed by atoms with Crippen molar-refractivity contribution in [2.75, 3.05) is 13.2 Å². The zero-order chi connectivity index (χ0) is 10.1. The Balaban J connectivity index is 2.30. The lowest BCUT2D eigenvalue weighted by atomic mass is 10.3. The number of rotatable bonds is 2. The van der Waals surface area contributed by atoms with Gasteiger partial charge in [-0.2, -0.15) is 5.10 Å². The first kappa shape index (κ1) is 9.48. The molecular weight excluding hydrogens is 208 g/mol. The van der Waals surface area contributed by atoms with Gasteiger partial charge in [-0.25, -0.2) is 9.48 Å². The molecule has 1 atom stereocenters. The molecule has 1 fully saturated rings. The summed E-state index contributed by atoms with van der Waals surface area (Å²) >= 11 is 5.86. The molecule has 1 unspecified atom stereocenters. The highest BCUT2D eigenvalue weighted by atomic mass is 35.5. The first-order valence-corrected chi connectivity index (χ1v) is 4.62. The fourth-order valence-electron chi connectivity index (χ4n) is 1.46. The molecule has 6 heteroatoms. The Labute approximate surface area is 85.2 Å². The molecule has 5 nitrogen and oxygen atoms in total. The summed E-state index contributed by atoms with van der Waals surface area (Å²) in [6.07, 6.45) is 2.09. The Kier molecular flexibility index (Phi) is 2.43. The van der Waals surface area contributed by atoms with Crippen LogP contribution in [0.5, 0.6) is 0 Å². The molecule has 0 amide bonds. The Hall–Kier alpha value is -1.07. The molecule has 0 aromatic carbocycles. The van der Waals surface area contributed by atoms with Gasteiger partial charge in [0.1, 0.15) is 10.7 Å². The minimum absolute atomic E-state index is 0.0403. The SMILES string of the molecule is O=C(O)c1cnn(C2CCOC2)c1Cl. The quantitative estimate of drug-likeness (QED) is 0.807. The van der Waals surface area contributed by atoms with Gasteiger partial charge in [0, 0.05) is 6.61 Å². The molecule has 0 bridgehead atoms. The Morgan fingerprint density at radius 3 is 3.07 bits per heavy atom. The third-order valence-corrected chi connectivity index (χ3v) is 2.59. The number of carboxylic acid groups (broad SMARTS) is 1. The molecule has 1 aromatic rings. The van der Waals surface area contributed by atoms with Crippen LogP contribution in [0.25, 0.3) is 0 Å². The third-order valence-electron chi connectivity index (χ3n) is 2.22. The zero-order valence-electron chi connectivity index (χ0n) is 7.31.